The van der Waals surface area contributed by atoms with Gasteiger partial charge in [0.15, 0.2) is 0 Å². The van der Waals surface area contributed by atoms with E-state index < -0.39 is 11.7 Å². The third-order valence-electron chi connectivity index (χ3n) is 7.53. The number of ether oxygens (including phenoxy) is 2. The van der Waals surface area contributed by atoms with Gasteiger partial charge in [0.25, 0.3) is 0 Å². The van der Waals surface area contributed by atoms with Crippen LogP contribution in [0.25, 0.3) is 11.1 Å². The van der Waals surface area contributed by atoms with Gasteiger partial charge in [0, 0.05) is 43.9 Å². The van der Waals surface area contributed by atoms with Crippen molar-refractivity contribution in [3.63, 3.8) is 0 Å². The molecule has 1 aliphatic heterocycles. The number of rotatable bonds is 5. The molecule has 0 atom stereocenters. The van der Waals surface area contributed by atoms with Gasteiger partial charge in [-0.25, -0.2) is 4.79 Å². The molecule has 1 heterocycles. The van der Waals surface area contributed by atoms with Crippen LogP contribution in [0.4, 0.5) is 4.79 Å². The molecule has 1 saturated carbocycles. The van der Waals surface area contributed by atoms with E-state index in [1.54, 1.807) is 0 Å². The quantitative estimate of drug-likeness (QED) is 0.778. The van der Waals surface area contributed by atoms with Crippen molar-refractivity contribution in [1.82, 2.24) is 5.32 Å². The Morgan fingerprint density at radius 3 is 2.17 bits per heavy atom. The molecular weight excluding hydrogens is 378 g/mol. The van der Waals surface area contributed by atoms with Crippen molar-refractivity contribution in [2.24, 2.45) is 5.41 Å². The second-order valence-electron chi connectivity index (χ2n) is 8.96. The number of hydrogen-bond acceptors (Lipinski definition) is 4. The lowest BCUT2D eigenvalue weighted by atomic mass is 9.56. The summed E-state index contributed by atoms with van der Waals surface area (Å²) in [6, 6.07) is 16.7. The molecule has 0 radical (unpaired) electrons. The molecule has 30 heavy (non-hydrogen) atoms. The number of fused-ring (bicyclic) bond motifs is 3. The van der Waals surface area contributed by atoms with Gasteiger partial charge in [0.05, 0.1) is 5.60 Å². The SMILES string of the molecule is O=C(NCC1(C2(O)CCOCC2)CCC1)OCC1c2ccccc2-c2ccccc21. The summed E-state index contributed by atoms with van der Waals surface area (Å²) in [6.45, 7) is 1.94. The Hall–Kier alpha value is -2.37. The maximum Gasteiger partial charge on any atom is 0.407 e. The van der Waals surface area contributed by atoms with Crippen LogP contribution in [0.15, 0.2) is 48.5 Å². The highest BCUT2D eigenvalue weighted by Crippen LogP contribution is 2.52. The van der Waals surface area contributed by atoms with Crippen molar-refractivity contribution in [2.75, 3.05) is 26.4 Å². The molecule has 2 N–H and O–H groups in total. The highest BCUT2D eigenvalue weighted by Gasteiger charge is 2.54. The summed E-state index contributed by atoms with van der Waals surface area (Å²) in [7, 11) is 0. The summed E-state index contributed by atoms with van der Waals surface area (Å²) >= 11 is 0. The Morgan fingerprint density at radius 1 is 1.00 bits per heavy atom. The monoisotopic (exact) mass is 407 g/mol. The summed E-state index contributed by atoms with van der Waals surface area (Å²) in [6.07, 6.45) is 3.84. The minimum absolute atomic E-state index is 0.0560. The summed E-state index contributed by atoms with van der Waals surface area (Å²) < 4.78 is 11.1. The lowest BCUT2D eigenvalue weighted by molar-refractivity contribution is -0.172. The van der Waals surface area contributed by atoms with Crippen LogP contribution in [-0.2, 0) is 9.47 Å². The molecule has 158 valence electrons. The Morgan fingerprint density at radius 2 is 1.60 bits per heavy atom. The van der Waals surface area contributed by atoms with E-state index in [1.807, 2.05) is 24.3 Å². The van der Waals surface area contributed by atoms with Gasteiger partial charge in [-0.05, 0) is 35.1 Å². The first-order valence-electron chi connectivity index (χ1n) is 11.0. The predicted octanol–water partition coefficient (Wildman–Crippen LogP) is 4.24. The molecule has 5 heteroatoms. The van der Waals surface area contributed by atoms with Gasteiger partial charge in [-0.2, -0.15) is 0 Å². The molecule has 0 bridgehead atoms. The molecule has 0 aromatic heterocycles. The first-order valence-corrected chi connectivity index (χ1v) is 11.0. The third kappa shape index (κ3) is 3.21. The minimum atomic E-state index is -0.750. The topological polar surface area (TPSA) is 67.8 Å². The molecule has 0 unspecified atom stereocenters. The molecule has 3 aliphatic rings. The molecule has 2 aromatic carbocycles. The van der Waals surface area contributed by atoms with Gasteiger partial charge < -0.3 is 19.9 Å². The van der Waals surface area contributed by atoms with E-state index in [0.29, 0.717) is 39.2 Å². The lowest BCUT2D eigenvalue weighted by Gasteiger charge is -2.54. The number of amides is 1. The Balaban J connectivity index is 1.23. The molecule has 5 rings (SSSR count). The summed E-state index contributed by atoms with van der Waals surface area (Å²) in [4.78, 5) is 12.6. The molecule has 5 nitrogen and oxygen atoms in total. The van der Waals surface area contributed by atoms with Crippen molar-refractivity contribution in [3.8, 4) is 11.1 Å². The van der Waals surface area contributed by atoms with Crippen molar-refractivity contribution >= 4 is 6.09 Å². The molecule has 1 amide bonds. The van der Waals surface area contributed by atoms with Crippen molar-refractivity contribution in [3.05, 3.63) is 59.7 Å². The molecule has 2 aromatic rings. The fourth-order valence-corrected chi connectivity index (χ4v) is 5.54. The van der Waals surface area contributed by atoms with Crippen LogP contribution in [0.1, 0.15) is 49.1 Å². The molecule has 1 saturated heterocycles. The average Bonchev–Trinajstić information content (AvgIpc) is 3.06. The highest BCUT2D eigenvalue weighted by atomic mass is 16.5. The first-order chi connectivity index (χ1) is 14.6. The largest absolute Gasteiger partial charge is 0.449 e. The van der Waals surface area contributed by atoms with E-state index in [0.717, 1.165) is 19.3 Å². The van der Waals surface area contributed by atoms with Crippen LogP contribution in [0.2, 0.25) is 0 Å². The Labute approximate surface area is 177 Å². The summed E-state index contributed by atoms with van der Waals surface area (Å²) in [5.74, 6) is 0.0560. The Kier molecular flexibility index (Phi) is 5.03. The maximum atomic E-state index is 12.6. The average molecular weight is 408 g/mol. The highest BCUT2D eigenvalue weighted by molar-refractivity contribution is 5.79. The number of aliphatic hydroxyl groups is 1. The number of carbonyl (C=O) groups excluding carboxylic acids is 1. The maximum absolute atomic E-state index is 12.6. The van der Waals surface area contributed by atoms with Crippen molar-refractivity contribution in [1.29, 1.82) is 0 Å². The van der Waals surface area contributed by atoms with Crippen LogP contribution in [-0.4, -0.2) is 43.2 Å². The standard InChI is InChI=1S/C25H29NO4/c27-23(26-17-24(10-5-11-24)25(28)12-14-29-15-13-25)30-16-22-20-8-3-1-6-18(20)19-7-2-4-9-21(19)22/h1-4,6-9,22,28H,5,10-17H2,(H,26,27). The number of nitrogens with one attached hydrogen (secondary N) is 1. The summed E-state index contributed by atoms with van der Waals surface area (Å²) in [5, 5.41) is 14.2. The fourth-order valence-electron chi connectivity index (χ4n) is 5.54. The van der Waals surface area contributed by atoms with Crippen LogP contribution in [0.3, 0.4) is 0 Å². The van der Waals surface area contributed by atoms with Crippen molar-refractivity contribution < 1.29 is 19.4 Å². The van der Waals surface area contributed by atoms with Gasteiger partial charge >= 0.3 is 6.09 Å². The van der Waals surface area contributed by atoms with E-state index in [-0.39, 0.29) is 11.3 Å². The van der Waals surface area contributed by atoms with Gasteiger partial charge in [-0.15, -0.1) is 0 Å². The van der Waals surface area contributed by atoms with E-state index in [9.17, 15) is 9.90 Å². The number of carbonyl (C=O) groups is 1. The number of benzene rings is 2. The van der Waals surface area contributed by atoms with E-state index in [4.69, 9.17) is 9.47 Å². The van der Waals surface area contributed by atoms with Crippen LogP contribution in [0.5, 0.6) is 0 Å². The zero-order valence-electron chi connectivity index (χ0n) is 17.2. The zero-order chi connectivity index (χ0) is 20.6. The van der Waals surface area contributed by atoms with Gasteiger partial charge in [0.1, 0.15) is 6.61 Å². The van der Waals surface area contributed by atoms with E-state index in [2.05, 4.69) is 29.6 Å². The van der Waals surface area contributed by atoms with Crippen LogP contribution < -0.4 is 5.32 Å². The first kappa shape index (κ1) is 19.6. The second-order valence-corrected chi connectivity index (χ2v) is 8.96. The van der Waals surface area contributed by atoms with E-state index in [1.165, 1.54) is 22.3 Å². The number of alkyl carbamates (subject to hydrolysis) is 1. The third-order valence-corrected chi connectivity index (χ3v) is 7.53. The number of hydrogen-bond donors (Lipinski definition) is 2. The smallest absolute Gasteiger partial charge is 0.407 e. The van der Waals surface area contributed by atoms with Crippen LogP contribution >= 0.6 is 0 Å². The zero-order valence-corrected chi connectivity index (χ0v) is 17.2. The summed E-state index contributed by atoms with van der Waals surface area (Å²) in [5.41, 5.74) is 3.86. The molecule has 2 fully saturated rings. The minimum Gasteiger partial charge on any atom is -0.449 e. The lowest BCUT2D eigenvalue weighted by Crippen LogP contribution is -2.60. The van der Waals surface area contributed by atoms with Crippen molar-refractivity contribution in [2.45, 2.75) is 43.6 Å². The molecular formula is C25H29NO4. The molecule has 2 aliphatic carbocycles. The van der Waals surface area contributed by atoms with E-state index >= 15 is 0 Å². The van der Waals surface area contributed by atoms with Gasteiger partial charge in [-0.3, -0.25) is 0 Å². The second kappa shape index (κ2) is 7.71. The van der Waals surface area contributed by atoms with Gasteiger partial charge in [-0.1, -0.05) is 55.0 Å². The normalized spacial score (nSPS) is 21.2. The van der Waals surface area contributed by atoms with Gasteiger partial charge in [0.2, 0.25) is 0 Å². The fraction of sp³-hybridized carbons (Fsp3) is 0.480. The molecule has 0 spiro atoms. The predicted molar refractivity (Wildman–Crippen MR) is 114 cm³/mol. The van der Waals surface area contributed by atoms with Crippen LogP contribution in [0, 0.1) is 5.41 Å². The Bertz CT molecular complexity index is 885.